The Kier molecular flexibility index (Phi) is 6.30. The number of hydrogen-bond acceptors (Lipinski definition) is 4. The number of ether oxygens (including phenoxy) is 4. The molecular weight excluding hydrogens is 256 g/mol. The van der Waals surface area contributed by atoms with E-state index >= 15 is 0 Å². The van der Waals surface area contributed by atoms with Gasteiger partial charge >= 0.3 is 0 Å². The maximum atomic E-state index is 5.87. The van der Waals surface area contributed by atoms with Crippen LogP contribution in [-0.4, -0.2) is 26.1 Å². The van der Waals surface area contributed by atoms with E-state index in [9.17, 15) is 0 Å². The van der Waals surface area contributed by atoms with E-state index in [2.05, 4.69) is 0 Å². The zero-order chi connectivity index (χ0) is 14.2. The van der Waals surface area contributed by atoms with Crippen molar-refractivity contribution in [3.05, 3.63) is 29.8 Å². The third-order valence-electron chi connectivity index (χ3n) is 3.17. The van der Waals surface area contributed by atoms with Gasteiger partial charge in [0.25, 0.3) is 0 Å². The first kappa shape index (κ1) is 15.3. The number of rotatable bonds is 7. The molecule has 1 aromatic carbocycles. The van der Waals surface area contributed by atoms with Gasteiger partial charge in [-0.15, -0.1) is 0 Å². The van der Waals surface area contributed by atoms with Crippen LogP contribution in [0.1, 0.15) is 45.0 Å². The van der Waals surface area contributed by atoms with Gasteiger partial charge in [-0.2, -0.15) is 0 Å². The number of benzene rings is 1. The first-order valence-corrected chi connectivity index (χ1v) is 7.45. The average Bonchev–Trinajstić information content (AvgIpc) is 2.48. The van der Waals surface area contributed by atoms with E-state index in [1.165, 1.54) is 0 Å². The van der Waals surface area contributed by atoms with Gasteiger partial charge in [0.1, 0.15) is 5.75 Å². The maximum absolute atomic E-state index is 5.87. The van der Waals surface area contributed by atoms with Gasteiger partial charge in [-0.1, -0.05) is 12.1 Å². The topological polar surface area (TPSA) is 36.9 Å². The Morgan fingerprint density at radius 3 is 2.65 bits per heavy atom. The van der Waals surface area contributed by atoms with E-state index in [0.717, 1.165) is 37.2 Å². The van der Waals surface area contributed by atoms with Crippen LogP contribution in [0.2, 0.25) is 0 Å². The molecule has 4 nitrogen and oxygen atoms in total. The van der Waals surface area contributed by atoms with Crippen LogP contribution < -0.4 is 4.74 Å². The molecule has 1 aliphatic heterocycles. The SMILES string of the molecule is CCOC(OCC)c1cccc(OC2CCCCO2)c1. The first-order valence-electron chi connectivity index (χ1n) is 7.45. The van der Waals surface area contributed by atoms with Crippen molar-refractivity contribution >= 4 is 0 Å². The molecule has 2 rings (SSSR count). The van der Waals surface area contributed by atoms with Gasteiger partial charge in [0.15, 0.2) is 12.6 Å². The largest absolute Gasteiger partial charge is 0.465 e. The Morgan fingerprint density at radius 1 is 1.20 bits per heavy atom. The van der Waals surface area contributed by atoms with Gasteiger partial charge in [-0.25, -0.2) is 0 Å². The Labute approximate surface area is 121 Å². The second kappa shape index (κ2) is 8.25. The maximum Gasteiger partial charge on any atom is 0.199 e. The van der Waals surface area contributed by atoms with Crippen molar-refractivity contribution in [3.8, 4) is 5.75 Å². The fraction of sp³-hybridized carbons (Fsp3) is 0.625. The Bertz CT molecular complexity index is 382. The van der Waals surface area contributed by atoms with E-state index < -0.39 is 0 Å². The van der Waals surface area contributed by atoms with Gasteiger partial charge in [0.2, 0.25) is 0 Å². The molecule has 0 aliphatic carbocycles. The first-order chi connectivity index (χ1) is 9.83. The molecule has 0 radical (unpaired) electrons. The van der Waals surface area contributed by atoms with Crippen molar-refractivity contribution in [2.24, 2.45) is 0 Å². The highest BCUT2D eigenvalue weighted by Gasteiger charge is 2.17. The summed E-state index contributed by atoms with van der Waals surface area (Å²) in [6, 6.07) is 7.85. The van der Waals surface area contributed by atoms with E-state index in [4.69, 9.17) is 18.9 Å². The van der Waals surface area contributed by atoms with Gasteiger partial charge in [0.05, 0.1) is 6.61 Å². The summed E-state index contributed by atoms with van der Waals surface area (Å²) in [4.78, 5) is 0. The molecule has 1 aliphatic rings. The smallest absolute Gasteiger partial charge is 0.199 e. The van der Waals surface area contributed by atoms with E-state index in [0.29, 0.717) is 13.2 Å². The molecule has 4 heteroatoms. The second-order valence-corrected chi connectivity index (χ2v) is 4.73. The molecule has 20 heavy (non-hydrogen) atoms. The van der Waals surface area contributed by atoms with Crippen molar-refractivity contribution in [1.29, 1.82) is 0 Å². The molecule has 0 saturated carbocycles. The van der Waals surface area contributed by atoms with E-state index in [1.54, 1.807) is 0 Å². The molecule has 0 spiro atoms. The Morgan fingerprint density at radius 2 is 2.00 bits per heavy atom. The summed E-state index contributed by atoms with van der Waals surface area (Å²) in [5.74, 6) is 0.804. The third-order valence-corrected chi connectivity index (χ3v) is 3.17. The van der Waals surface area contributed by atoms with Crippen LogP contribution in [0.5, 0.6) is 5.75 Å². The minimum Gasteiger partial charge on any atom is -0.465 e. The van der Waals surface area contributed by atoms with Gasteiger partial charge in [-0.05, 0) is 38.8 Å². The molecule has 0 amide bonds. The molecule has 1 fully saturated rings. The Hall–Kier alpha value is -1.10. The van der Waals surface area contributed by atoms with E-state index in [1.807, 2.05) is 38.1 Å². The zero-order valence-corrected chi connectivity index (χ0v) is 12.3. The highest BCUT2D eigenvalue weighted by atomic mass is 16.7. The predicted octanol–water partition coefficient (Wildman–Crippen LogP) is 3.66. The lowest BCUT2D eigenvalue weighted by Gasteiger charge is -2.24. The zero-order valence-electron chi connectivity index (χ0n) is 12.3. The van der Waals surface area contributed by atoms with E-state index in [-0.39, 0.29) is 12.6 Å². The van der Waals surface area contributed by atoms with Crippen molar-refractivity contribution in [2.75, 3.05) is 19.8 Å². The minimum atomic E-state index is -0.333. The molecule has 0 aromatic heterocycles. The quantitative estimate of drug-likeness (QED) is 0.714. The summed E-state index contributed by atoms with van der Waals surface area (Å²) >= 11 is 0. The molecule has 1 atom stereocenters. The second-order valence-electron chi connectivity index (χ2n) is 4.73. The third kappa shape index (κ3) is 4.47. The standard InChI is InChI=1S/C16H24O4/c1-3-17-16(18-4-2)13-8-7-9-14(12-13)20-15-10-5-6-11-19-15/h7-9,12,15-16H,3-6,10-11H2,1-2H3. The summed E-state index contributed by atoms with van der Waals surface area (Å²) in [5.41, 5.74) is 0.974. The Balaban J connectivity index is 2.01. The highest BCUT2D eigenvalue weighted by Crippen LogP contribution is 2.25. The molecule has 1 unspecified atom stereocenters. The van der Waals surface area contributed by atoms with Crippen molar-refractivity contribution in [2.45, 2.75) is 45.7 Å². The van der Waals surface area contributed by atoms with Crippen molar-refractivity contribution < 1.29 is 18.9 Å². The van der Waals surface area contributed by atoms with Gasteiger partial charge < -0.3 is 18.9 Å². The average molecular weight is 280 g/mol. The molecule has 112 valence electrons. The van der Waals surface area contributed by atoms with Crippen LogP contribution in [0.15, 0.2) is 24.3 Å². The molecule has 0 bridgehead atoms. The van der Waals surface area contributed by atoms with Crippen LogP contribution in [0.4, 0.5) is 0 Å². The van der Waals surface area contributed by atoms with Gasteiger partial charge in [0, 0.05) is 25.2 Å². The van der Waals surface area contributed by atoms with Crippen LogP contribution in [-0.2, 0) is 14.2 Å². The molecule has 1 heterocycles. The lowest BCUT2D eigenvalue weighted by atomic mass is 10.2. The van der Waals surface area contributed by atoms with Crippen LogP contribution in [0.25, 0.3) is 0 Å². The molecule has 0 N–H and O–H groups in total. The highest BCUT2D eigenvalue weighted by molar-refractivity contribution is 5.29. The normalized spacial score (nSPS) is 19.2. The summed E-state index contributed by atoms with van der Waals surface area (Å²) in [7, 11) is 0. The molecule has 1 aromatic rings. The lowest BCUT2D eigenvalue weighted by Crippen LogP contribution is -2.25. The minimum absolute atomic E-state index is 0.128. The van der Waals surface area contributed by atoms with Crippen LogP contribution in [0.3, 0.4) is 0 Å². The monoisotopic (exact) mass is 280 g/mol. The summed E-state index contributed by atoms with van der Waals surface area (Å²) in [6.07, 6.45) is 2.77. The molecule has 1 saturated heterocycles. The fourth-order valence-corrected chi connectivity index (χ4v) is 2.23. The van der Waals surface area contributed by atoms with Gasteiger partial charge in [-0.3, -0.25) is 0 Å². The van der Waals surface area contributed by atoms with Crippen LogP contribution >= 0.6 is 0 Å². The van der Waals surface area contributed by atoms with Crippen molar-refractivity contribution in [1.82, 2.24) is 0 Å². The fourth-order valence-electron chi connectivity index (χ4n) is 2.23. The predicted molar refractivity (Wildman–Crippen MR) is 76.7 cm³/mol. The summed E-state index contributed by atoms with van der Waals surface area (Å²) in [5, 5.41) is 0. The summed E-state index contributed by atoms with van der Waals surface area (Å²) in [6.45, 7) is 5.93. The number of hydrogen-bond donors (Lipinski definition) is 0. The molecular formula is C16H24O4. The van der Waals surface area contributed by atoms with Crippen LogP contribution in [0, 0.1) is 0 Å². The summed E-state index contributed by atoms with van der Waals surface area (Å²) < 4.78 is 22.7. The lowest BCUT2D eigenvalue weighted by molar-refractivity contribution is -0.140. The van der Waals surface area contributed by atoms with Crippen molar-refractivity contribution in [3.63, 3.8) is 0 Å².